The first kappa shape index (κ1) is 15.5. The van der Waals surface area contributed by atoms with E-state index in [9.17, 15) is 13.2 Å². The van der Waals surface area contributed by atoms with Crippen LogP contribution in [0.1, 0.15) is 19.8 Å². The van der Waals surface area contributed by atoms with Gasteiger partial charge in [0.05, 0.1) is 23.4 Å². The van der Waals surface area contributed by atoms with Crippen LogP contribution in [0.5, 0.6) is 0 Å². The van der Waals surface area contributed by atoms with Crippen LogP contribution < -0.4 is 10.9 Å². The van der Waals surface area contributed by atoms with Gasteiger partial charge in [-0.05, 0) is 34.7 Å². The first-order valence-electron chi connectivity index (χ1n) is 6.63. The molecule has 0 radical (unpaired) electrons. The Balaban J connectivity index is 2.04. The molecule has 2 heterocycles. The Labute approximate surface area is 126 Å². The number of nitrogens with zero attached hydrogens (tertiary/aromatic N) is 2. The molecule has 1 aliphatic rings. The highest BCUT2D eigenvalue weighted by atomic mass is 79.9. The first-order chi connectivity index (χ1) is 9.43. The van der Waals surface area contributed by atoms with E-state index in [2.05, 4.69) is 26.3 Å². The maximum Gasteiger partial charge on any atom is 0.283 e. The molecule has 0 amide bonds. The molecule has 20 heavy (non-hydrogen) atoms. The predicted octanol–water partition coefficient (Wildman–Crippen LogP) is 1.26. The van der Waals surface area contributed by atoms with Crippen molar-refractivity contribution in [3.63, 3.8) is 0 Å². The number of anilines is 1. The summed E-state index contributed by atoms with van der Waals surface area (Å²) in [6.45, 7) is 3.10. The smallest absolute Gasteiger partial charge is 0.283 e. The van der Waals surface area contributed by atoms with Crippen LogP contribution in [0.4, 0.5) is 5.69 Å². The van der Waals surface area contributed by atoms with Gasteiger partial charge in [0.25, 0.3) is 5.56 Å². The van der Waals surface area contributed by atoms with E-state index in [1.807, 2.05) is 6.92 Å². The summed E-state index contributed by atoms with van der Waals surface area (Å²) in [4.78, 5) is 12.0. The average molecular weight is 364 g/mol. The van der Waals surface area contributed by atoms with Crippen LogP contribution >= 0.6 is 15.9 Å². The molecule has 1 saturated heterocycles. The van der Waals surface area contributed by atoms with Crippen molar-refractivity contribution in [3.8, 4) is 0 Å². The normalized spacial score (nSPS) is 21.0. The van der Waals surface area contributed by atoms with Crippen molar-refractivity contribution in [1.29, 1.82) is 0 Å². The van der Waals surface area contributed by atoms with E-state index in [-0.39, 0.29) is 23.0 Å². The van der Waals surface area contributed by atoms with Gasteiger partial charge in [-0.25, -0.2) is 13.1 Å². The largest absolute Gasteiger partial charge is 0.382 e. The van der Waals surface area contributed by atoms with E-state index >= 15 is 0 Å². The highest BCUT2D eigenvalue weighted by molar-refractivity contribution is 9.10. The number of aryl methyl sites for hydroxylation is 1. The Hall–Kier alpha value is -0.890. The van der Waals surface area contributed by atoms with Crippen LogP contribution in [0, 0.1) is 5.92 Å². The minimum absolute atomic E-state index is 0.102. The monoisotopic (exact) mass is 363 g/mol. The van der Waals surface area contributed by atoms with Gasteiger partial charge < -0.3 is 5.32 Å². The molecule has 1 fully saturated rings. The van der Waals surface area contributed by atoms with Crippen LogP contribution in [0.15, 0.2) is 15.5 Å². The number of aromatic nitrogens is 2. The van der Waals surface area contributed by atoms with Gasteiger partial charge in [-0.2, -0.15) is 5.10 Å². The third kappa shape index (κ3) is 3.60. The van der Waals surface area contributed by atoms with Crippen molar-refractivity contribution in [2.45, 2.75) is 26.3 Å². The SMILES string of the molecule is CCCn1ncc(NCC2CCS(=O)(=O)C2)c(Br)c1=O. The van der Waals surface area contributed by atoms with Crippen molar-refractivity contribution in [3.05, 3.63) is 21.0 Å². The van der Waals surface area contributed by atoms with E-state index in [0.717, 1.165) is 6.42 Å². The summed E-state index contributed by atoms with van der Waals surface area (Å²) in [5, 5.41) is 7.21. The number of halogens is 1. The number of nitrogens with one attached hydrogen (secondary N) is 1. The fraction of sp³-hybridized carbons (Fsp3) is 0.667. The minimum Gasteiger partial charge on any atom is -0.382 e. The molecule has 8 heteroatoms. The predicted molar refractivity (Wildman–Crippen MR) is 81.7 cm³/mol. The maximum atomic E-state index is 12.0. The second kappa shape index (κ2) is 6.26. The Bertz CT molecular complexity index is 642. The molecular weight excluding hydrogens is 346 g/mol. The highest BCUT2D eigenvalue weighted by Gasteiger charge is 2.27. The summed E-state index contributed by atoms with van der Waals surface area (Å²) in [6, 6.07) is 0. The van der Waals surface area contributed by atoms with Crippen LogP contribution in [-0.4, -0.2) is 36.2 Å². The molecule has 1 aromatic heterocycles. The standard InChI is InChI=1S/C12H18BrN3O3S/c1-2-4-16-12(17)11(13)10(7-15-16)14-6-9-3-5-20(18,19)8-9/h7,9,14H,2-6,8H2,1H3. The van der Waals surface area contributed by atoms with Crippen LogP contribution in [0.25, 0.3) is 0 Å². The molecular formula is C12H18BrN3O3S. The zero-order valence-electron chi connectivity index (χ0n) is 11.3. The van der Waals surface area contributed by atoms with Gasteiger partial charge in [-0.1, -0.05) is 6.92 Å². The lowest BCUT2D eigenvalue weighted by Crippen LogP contribution is -2.25. The van der Waals surface area contributed by atoms with E-state index in [4.69, 9.17) is 0 Å². The molecule has 0 aliphatic carbocycles. The van der Waals surface area contributed by atoms with Crippen molar-refractivity contribution < 1.29 is 8.42 Å². The third-order valence-electron chi connectivity index (χ3n) is 3.33. The quantitative estimate of drug-likeness (QED) is 0.851. The summed E-state index contributed by atoms with van der Waals surface area (Å²) >= 11 is 3.28. The molecule has 6 nitrogen and oxygen atoms in total. The van der Waals surface area contributed by atoms with Crippen LogP contribution in [0.3, 0.4) is 0 Å². The summed E-state index contributed by atoms with van der Waals surface area (Å²) in [5.41, 5.74) is 0.447. The summed E-state index contributed by atoms with van der Waals surface area (Å²) in [6.07, 6.45) is 3.12. The average Bonchev–Trinajstić information content (AvgIpc) is 2.74. The molecule has 1 atom stereocenters. The van der Waals surface area contributed by atoms with Gasteiger partial charge in [-0.3, -0.25) is 4.79 Å². The van der Waals surface area contributed by atoms with E-state index in [1.54, 1.807) is 6.20 Å². The second-order valence-electron chi connectivity index (χ2n) is 5.05. The first-order valence-corrected chi connectivity index (χ1v) is 9.24. The van der Waals surface area contributed by atoms with Gasteiger partial charge in [0.2, 0.25) is 0 Å². The lowest BCUT2D eigenvalue weighted by atomic mass is 10.1. The van der Waals surface area contributed by atoms with Crippen molar-refractivity contribution in [2.24, 2.45) is 5.92 Å². The molecule has 0 aromatic carbocycles. The van der Waals surface area contributed by atoms with Gasteiger partial charge in [0.15, 0.2) is 9.84 Å². The molecule has 1 aliphatic heterocycles. The zero-order valence-corrected chi connectivity index (χ0v) is 13.7. The van der Waals surface area contributed by atoms with E-state index < -0.39 is 9.84 Å². The molecule has 0 spiro atoms. The van der Waals surface area contributed by atoms with Gasteiger partial charge in [0, 0.05) is 13.1 Å². The topological polar surface area (TPSA) is 81.1 Å². The van der Waals surface area contributed by atoms with Crippen molar-refractivity contribution in [2.75, 3.05) is 23.4 Å². The second-order valence-corrected chi connectivity index (χ2v) is 8.07. The van der Waals surface area contributed by atoms with Gasteiger partial charge in [0.1, 0.15) is 4.47 Å². The third-order valence-corrected chi connectivity index (χ3v) is 5.93. The van der Waals surface area contributed by atoms with Crippen LogP contribution in [-0.2, 0) is 16.4 Å². The Morgan fingerprint density at radius 2 is 2.30 bits per heavy atom. The fourth-order valence-electron chi connectivity index (χ4n) is 2.25. The maximum absolute atomic E-state index is 12.0. The molecule has 2 rings (SSSR count). The number of rotatable bonds is 5. The lowest BCUT2D eigenvalue weighted by Gasteiger charge is -2.12. The van der Waals surface area contributed by atoms with Gasteiger partial charge in [-0.15, -0.1) is 0 Å². The minimum atomic E-state index is -2.87. The van der Waals surface area contributed by atoms with Crippen LogP contribution in [0.2, 0.25) is 0 Å². The number of hydrogen-bond donors (Lipinski definition) is 1. The Morgan fingerprint density at radius 1 is 1.55 bits per heavy atom. The molecule has 112 valence electrons. The van der Waals surface area contributed by atoms with E-state index in [0.29, 0.717) is 29.7 Å². The van der Waals surface area contributed by atoms with Gasteiger partial charge >= 0.3 is 0 Å². The molecule has 1 unspecified atom stereocenters. The fourth-order valence-corrected chi connectivity index (χ4v) is 4.56. The molecule has 0 saturated carbocycles. The van der Waals surface area contributed by atoms with Crippen molar-refractivity contribution in [1.82, 2.24) is 9.78 Å². The molecule has 1 aromatic rings. The Kier molecular flexibility index (Phi) is 4.85. The molecule has 1 N–H and O–H groups in total. The molecule has 0 bridgehead atoms. The summed E-state index contributed by atoms with van der Waals surface area (Å²) < 4.78 is 24.6. The summed E-state index contributed by atoms with van der Waals surface area (Å²) in [5.74, 6) is 0.583. The Morgan fingerprint density at radius 3 is 2.90 bits per heavy atom. The number of sulfone groups is 1. The highest BCUT2D eigenvalue weighted by Crippen LogP contribution is 2.21. The van der Waals surface area contributed by atoms with E-state index in [1.165, 1.54) is 4.68 Å². The number of hydrogen-bond acceptors (Lipinski definition) is 5. The summed E-state index contributed by atoms with van der Waals surface area (Å²) in [7, 11) is -2.87. The van der Waals surface area contributed by atoms with Crippen molar-refractivity contribution >= 4 is 31.5 Å². The zero-order chi connectivity index (χ0) is 14.8. The lowest BCUT2D eigenvalue weighted by molar-refractivity contribution is 0.564.